The van der Waals surface area contributed by atoms with Crippen LogP contribution >= 0.6 is 0 Å². The van der Waals surface area contributed by atoms with E-state index in [4.69, 9.17) is 10.2 Å². The maximum absolute atomic E-state index is 10.8. The molecule has 11 heavy (non-hydrogen) atoms. The average Bonchev–Trinajstić information content (AvgIpc) is 2.07. The quantitative estimate of drug-likeness (QED) is 0.506. The lowest BCUT2D eigenvalue weighted by Gasteiger charge is -2.16. The van der Waals surface area contributed by atoms with Crippen molar-refractivity contribution in [1.82, 2.24) is 4.90 Å². The Hall–Kier alpha value is -1.10. The SMILES string of the molecule is C[C@@H]1[C@H](O)CC(=O)N1C(=O)O. The van der Waals surface area contributed by atoms with E-state index in [0.717, 1.165) is 0 Å². The largest absolute Gasteiger partial charge is 0.465 e. The van der Waals surface area contributed by atoms with Crippen LogP contribution in [0.15, 0.2) is 0 Å². The number of hydrogen-bond acceptors (Lipinski definition) is 3. The van der Waals surface area contributed by atoms with E-state index in [1.54, 1.807) is 0 Å². The fourth-order valence-electron chi connectivity index (χ4n) is 1.13. The molecule has 0 aliphatic carbocycles. The zero-order valence-corrected chi connectivity index (χ0v) is 6.02. The first-order chi connectivity index (χ1) is 5.04. The van der Waals surface area contributed by atoms with Crippen molar-refractivity contribution in [2.24, 2.45) is 0 Å². The first-order valence-electron chi connectivity index (χ1n) is 3.27. The monoisotopic (exact) mass is 159 g/mol. The van der Waals surface area contributed by atoms with E-state index >= 15 is 0 Å². The predicted octanol–water partition coefficient (Wildman–Crippen LogP) is -0.354. The molecule has 0 unspecified atom stereocenters. The van der Waals surface area contributed by atoms with Gasteiger partial charge in [-0.2, -0.15) is 0 Å². The minimum absolute atomic E-state index is 0.0898. The van der Waals surface area contributed by atoms with Crippen LogP contribution in [-0.4, -0.2) is 39.3 Å². The highest BCUT2D eigenvalue weighted by Crippen LogP contribution is 2.18. The third kappa shape index (κ3) is 1.19. The number of carboxylic acid groups (broad SMARTS) is 1. The van der Waals surface area contributed by atoms with Gasteiger partial charge in [0.05, 0.1) is 18.6 Å². The molecule has 1 fully saturated rings. The lowest BCUT2D eigenvalue weighted by molar-refractivity contribution is -0.126. The van der Waals surface area contributed by atoms with Crippen LogP contribution in [0.2, 0.25) is 0 Å². The predicted molar refractivity (Wildman–Crippen MR) is 35.0 cm³/mol. The Morgan fingerprint density at radius 1 is 1.73 bits per heavy atom. The number of aliphatic hydroxyl groups is 1. The summed E-state index contributed by atoms with van der Waals surface area (Å²) in [5.74, 6) is -0.530. The van der Waals surface area contributed by atoms with Gasteiger partial charge in [0.2, 0.25) is 5.91 Å². The molecule has 1 aliphatic heterocycles. The van der Waals surface area contributed by atoms with Gasteiger partial charge in [0, 0.05) is 0 Å². The highest BCUT2D eigenvalue weighted by molar-refractivity contribution is 5.93. The van der Waals surface area contributed by atoms with Crippen LogP contribution < -0.4 is 0 Å². The molecule has 62 valence electrons. The summed E-state index contributed by atoms with van der Waals surface area (Å²) in [6.45, 7) is 1.50. The van der Waals surface area contributed by atoms with E-state index in [9.17, 15) is 9.59 Å². The zero-order valence-electron chi connectivity index (χ0n) is 6.02. The van der Waals surface area contributed by atoms with Crippen LogP contribution in [0.5, 0.6) is 0 Å². The van der Waals surface area contributed by atoms with E-state index in [0.29, 0.717) is 4.90 Å². The molecule has 2 amide bonds. The van der Waals surface area contributed by atoms with E-state index < -0.39 is 24.1 Å². The molecule has 0 aromatic rings. The molecular formula is C6H9NO4. The van der Waals surface area contributed by atoms with Gasteiger partial charge < -0.3 is 10.2 Å². The van der Waals surface area contributed by atoms with Gasteiger partial charge >= 0.3 is 6.09 Å². The van der Waals surface area contributed by atoms with Crippen LogP contribution in [0.3, 0.4) is 0 Å². The van der Waals surface area contributed by atoms with Crippen molar-refractivity contribution in [2.75, 3.05) is 0 Å². The number of carbonyl (C=O) groups excluding carboxylic acids is 1. The summed E-state index contributed by atoms with van der Waals surface area (Å²) < 4.78 is 0. The first-order valence-corrected chi connectivity index (χ1v) is 3.27. The fourth-order valence-corrected chi connectivity index (χ4v) is 1.13. The Kier molecular flexibility index (Phi) is 1.82. The van der Waals surface area contributed by atoms with E-state index in [1.165, 1.54) is 6.92 Å². The standard InChI is InChI=1S/C6H9NO4/c1-3-4(8)2-5(9)7(3)6(10)11/h3-4,8H,2H2,1H3,(H,10,11)/t3-,4-/m1/s1. The highest BCUT2D eigenvalue weighted by atomic mass is 16.4. The van der Waals surface area contributed by atoms with Gasteiger partial charge in [-0.1, -0.05) is 0 Å². The molecule has 0 bridgehead atoms. The molecule has 1 rings (SSSR count). The van der Waals surface area contributed by atoms with Gasteiger partial charge in [-0.3, -0.25) is 4.79 Å². The summed E-state index contributed by atoms with van der Waals surface area (Å²) >= 11 is 0. The molecule has 2 atom stereocenters. The maximum atomic E-state index is 10.8. The Morgan fingerprint density at radius 2 is 2.27 bits per heavy atom. The number of imide groups is 1. The highest BCUT2D eigenvalue weighted by Gasteiger charge is 2.39. The van der Waals surface area contributed by atoms with Crippen molar-refractivity contribution >= 4 is 12.0 Å². The summed E-state index contributed by atoms with van der Waals surface area (Å²) in [5.41, 5.74) is 0. The number of carbonyl (C=O) groups is 2. The molecule has 1 aliphatic rings. The molecule has 1 heterocycles. The van der Waals surface area contributed by atoms with Crippen LogP contribution in [-0.2, 0) is 4.79 Å². The van der Waals surface area contributed by atoms with Crippen LogP contribution in [0.4, 0.5) is 4.79 Å². The molecule has 5 nitrogen and oxygen atoms in total. The molecular weight excluding hydrogens is 150 g/mol. The number of hydrogen-bond donors (Lipinski definition) is 2. The van der Waals surface area contributed by atoms with E-state index in [-0.39, 0.29) is 6.42 Å². The molecule has 0 saturated carbocycles. The molecule has 2 N–H and O–H groups in total. The second kappa shape index (κ2) is 2.50. The molecule has 0 aromatic carbocycles. The molecule has 0 radical (unpaired) electrons. The fraction of sp³-hybridized carbons (Fsp3) is 0.667. The van der Waals surface area contributed by atoms with Gasteiger partial charge in [0.15, 0.2) is 0 Å². The van der Waals surface area contributed by atoms with Crippen molar-refractivity contribution in [3.05, 3.63) is 0 Å². The third-order valence-electron chi connectivity index (χ3n) is 1.82. The molecule has 0 aromatic heterocycles. The topological polar surface area (TPSA) is 77.8 Å². The lowest BCUT2D eigenvalue weighted by Crippen LogP contribution is -2.38. The Morgan fingerprint density at radius 3 is 2.45 bits per heavy atom. The van der Waals surface area contributed by atoms with Gasteiger partial charge in [-0.15, -0.1) is 0 Å². The number of amides is 2. The summed E-state index contributed by atoms with van der Waals surface area (Å²) in [6.07, 6.45) is -2.23. The smallest absolute Gasteiger partial charge is 0.414 e. The molecule has 5 heteroatoms. The Balaban J connectivity index is 2.79. The number of rotatable bonds is 0. The third-order valence-corrected chi connectivity index (χ3v) is 1.82. The Labute approximate surface area is 63.2 Å². The van der Waals surface area contributed by atoms with Crippen molar-refractivity contribution in [3.8, 4) is 0 Å². The van der Waals surface area contributed by atoms with Crippen molar-refractivity contribution < 1.29 is 19.8 Å². The summed E-state index contributed by atoms with van der Waals surface area (Å²) in [6, 6.07) is -0.611. The van der Waals surface area contributed by atoms with Crippen molar-refractivity contribution in [1.29, 1.82) is 0 Å². The average molecular weight is 159 g/mol. The van der Waals surface area contributed by atoms with Gasteiger partial charge in [-0.05, 0) is 6.92 Å². The van der Waals surface area contributed by atoms with Crippen LogP contribution in [0.25, 0.3) is 0 Å². The lowest BCUT2D eigenvalue weighted by atomic mass is 10.2. The van der Waals surface area contributed by atoms with Crippen molar-refractivity contribution in [3.63, 3.8) is 0 Å². The molecule has 0 spiro atoms. The van der Waals surface area contributed by atoms with Gasteiger partial charge in [-0.25, -0.2) is 9.69 Å². The maximum Gasteiger partial charge on any atom is 0.414 e. The summed E-state index contributed by atoms with van der Waals surface area (Å²) in [5, 5.41) is 17.5. The minimum Gasteiger partial charge on any atom is -0.465 e. The summed E-state index contributed by atoms with van der Waals surface area (Å²) in [7, 11) is 0. The Bertz CT molecular complexity index is 203. The van der Waals surface area contributed by atoms with Crippen LogP contribution in [0, 0.1) is 0 Å². The first kappa shape index (κ1) is 8.00. The number of aliphatic hydroxyl groups excluding tert-OH is 1. The normalized spacial score (nSPS) is 31.1. The van der Waals surface area contributed by atoms with E-state index in [2.05, 4.69) is 0 Å². The second-order valence-electron chi connectivity index (χ2n) is 2.56. The minimum atomic E-state index is -1.29. The summed E-state index contributed by atoms with van der Waals surface area (Å²) in [4.78, 5) is 21.8. The van der Waals surface area contributed by atoms with Gasteiger partial charge in [0.1, 0.15) is 0 Å². The number of likely N-dealkylation sites (tertiary alicyclic amines) is 1. The zero-order chi connectivity index (χ0) is 8.59. The second-order valence-corrected chi connectivity index (χ2v) is 2.56. The van der Waals surface area contributed by atoms with E-state index in [1.807, 2.05) is 0 Å². The van der Waals surface area contributed by atoms with Gasteiger partial charge in [0.25, 0.3) is 0 Å². The number of nitrogens with zero attached hydrogens (tertiary/aromatic N) is 1. The van der Waals surface area contributed by atoms with Crippen LogP contribution in [0.1, 0.15) is 13.3 Å². The van der Waals surface area contributed by atoms with Crippen molar-refractivity contribution in [2.45, 2.75) is 25.5 Å². The molecule has 1 saturated heterocycles.